The molecule has 0 radical (unpaired) electrons. The van der Waals surface area contributed by atoms with Gasteiger partial charge in [0, 0.05) is 5.25 Å². The van der Waals surface area contributed by atoms with Crippen LogP contribution < -0.4 is 0 Å². The first kappa shape index (κ1) is 22.6. The summed E-state index contributed by atoms with van der Waals surface area (Å²) in [6, 6.07) is 25.7. The third-order valence-electron chi connectivity index (χ3n) is 6.91. The maximum atomic E-state index is 13.2. The number of nitrogens with zero attached hydrogens (tertiary/aromatic N) is 1. The maximum Gasteiger partial charge on any atom is 0.315 e. The summed E-state index contributed by atoms with van der Waals surface area (Å²) >= 11 is 3.15. The number of hydrogen-bond acceptors (Lipinski definition) is 5. The molecular weight excluding hydrogens is 466 g/mol. The van der Waals surface area contributed by atoms with Crippen molar-refractivity contribution in [1.29, 1.82) is 0 Å². The number of aliphatic carboxylic acids is 2. The molecule has 0 saturated heterocycles. The SMILES string of the molecule is O=C(O)C1(c2ccccc2)CCC(Sc2nc3ccccc3s2)CC1(C(=O)O)c1ccccc1. The number of carbonyl (C=O) groups is 2. The number of benzene rings is 3. The van der Waals surface area contributed by atoms with Crippen molar-refractivity contribution in [3.05, 3.63) is 96.1 Å². The van der Waals surface area contributed by atoms with Crippen LogP contribution in [0.1, 0.15) is 30.4 Å². The molecule has 172 valence electrons. The van der Waals surface area contributed by atoms with E-state index in [0.717, 1.165) is 14.6 Å². The number of aromatic nitrogens is 1. The first-order valence-electron chi connectivity index (χ1n) is 11.1. The van der Waals surface area contributed by atoms with Crippen molar-refractivity contribution in [3.8, 4) is 0 Å². The molecule has 1 aliphatic rings. The second-order valence-corrected chi connectivity index (χ2v) is 11.2. The van der Waals surface area contributed by atoms with E-state index < -0.39 is 22.8 Å². The molecule has 0 bridgehead atoms. The van der Waals surface area contributed by atoms with Crippen LogP contribution in [-0.2, 0) is 20.4 Å². The molecule has 7 heteroatoms. The van der Waals surface area contributed by atoms with Crippen LogP contribution in [0.2, 0.25) is 0 Å². The standard InChI is InChI=1S/C27H23NO4S2/c29-23(30)26(18-9-3-1-4-10-18)16-15-20(33-25-28-21-13-7-8-14-22(21)34-25)17-27(26,24(31)32)19-11-5-2-6-12-19/h1-14,20H,15-17H2,(H,29,30)(H,31,32). The predicted octanol–water partition coefficient (Wildman–Crippen LogP) is 5.99. The van der Waals surface area contributed by atoms with Gasteiger partial charge in [-0.1, -0.05) is 84.6 Å². The van der Waals surface area contributed by atoms with Gasteiger partial charge in [0.05, 0.1) is 10.2 Å². The molecule has 0 spiro atoms. The van der Waals surface area contributed by atoms with E-state index in [1.54, 1.807) is 71.6 Å². The fraction of sp³-hybridized carbons (Fsp3) is 0.222. The Balaban J connectivity index is 1.64. The minimum atomic E-state index is -1.63. The third kappa shape index (κ3) is 3.51. The summed E-state index contributed by atoms with van der Waals surface area (Å²) in [6.45, 7) is 0. The third-order valence-corrected chi connectivity index (χ3v) is 9.31. The van der Waals surface area contributed by atoms with Gasteiger partial charge in [-0.3, -0.25) is 9.59 Å². The Labute approximate surface area is 205 Å². The van der Waals surface area contributed by atoms with Gasteiger partial charge in [-0.05, 0) is 42.5 Å². The van der Waals surface area contributed by atoms with E-state index in [1.165, 1.54) is 0 Å². The van der Waals surface area contributed by atoms with E-state index in [4.69, 9.17) is 4.98 Å². The lowest BCUT2D eigenvalue weighted by molar-refractivity contribution is -0.162. The zero-order valence-corrected chi connectivity index (χ0v) is 19.9. The molecule has 1 heterocycles. The zero-order valence-electron chi connectivity index (χ0n) is 18.3. The summed E-state index contributed by atoms with van der Waals surface area (Å²) in [5.41, 5.74) is -1.26. The van der Waals surface area contributed by atoms with Crippen LogP contribution in [0.25, 0.3) is 10.2 Å². The number of thioether (sulfide) groups is 1. The highest BCUT2D eigenvalue weighted by molar-refractivity contribution is 8.01. The fourth-order valence-electron chi connectivity index (χ4n) is 5.36. The number of fused-ring (bicyclic) bond motifs is 1. The number of carboxylic acid groups (broad SMARTS) is 2. The summed E-state index contributed by atoms with van der Waals surface area (Å²) in [5.74, 6) is -2.21. The van der Waals surface area contributed by atoms with E-state index in [9.17, 15) is 19.8 Å². The Morgan fingerprint density at radius 3 is 1.97 bits per heavy atom. The van der Waals surface area contributed by atoms with E-state index in [0.29, 0.717) is 17.5 Å². The summed E-state index contributed by atoms with van der Waals surface area (Å²) in [4.78, 5) is 31.0. The van der Waals surface area contributed by atoms with Crippen molar-refractivity contribution in [2.75, 3.05) is 0 Å². The monoisotopic (exact) mass is 489 g/mol. The molecule has 1 fully saturated rings. The molecule has 34 heavy (non-hydrogen) atoms. The number of para-hydroxylation sites is 1. The van der Waals surface area contributed by atoms with E-state index >= 15 is 0 Å². The van der Waals surface area contributed by atoms with Crippen molar-refractivity contribution in [3.63, 3.8) is 0 Å². The molecule has 0 amide bonds. The Kier molecular flexibility index (Phi) is 5.91. The van der Waals surface area contributed by atoms with Gasteiger partial charge in [-0.25, -0.2) is 4.98 Å². The minimum Gasteiger partial charge on any atom is -0.481 e. The van der Waals surface area contributed by atoms with Crippen LogP contribution in [-0.4, -0.2) is 32.4 Å². The highest BCUT2D eigenvalue weighted by Crippen LogP contribution is 2.57. The number of hydrogen-bond donors (Lipinski definition) is 2. The fourth-order valence-corrected chi connectivity index (χ4v) is 7.93. The largest absolute Gasteiger partial charge is 0.481 e. The lowest BCUT2D eigenvalue weighted by Gasteiger charge is -2.51. The molecule has 5 nitrogen and oxygen atoms in total. The Bertz CT molecular complexity index is 1310. The second kappa shape index (κ2) is 8.89. The normalized spacial score (nSPS) is 24.6. The average Bonchev–Trinajstić information content (AvgIpc) is 3.27. The lowest BCUT2D eigenvalue weighted by Crippen LogP contribution is -2.62. The van der Waals surface area contributed by atoms with Crippen LogP contribution in [0.4, 0.5) is 0 Å². The Hall–Kier alpha value is -3.16. The first-order chi connectivity index (χ1) is 16.5. The van der Waals surface area contributed by atoms with E-state index in [1.807, 2.05) is 36.4 Å². The quantitative estimate of drug-likeness (QED) is 0.346. The van der Waals surface area contributed by atoms with Crippen molar-refractivity contribution in [2.24, 2.45) is 0 Å². The van der Waals surface area contributed by atoms with Crippen LogP contribution in [0.3, 0.4) is 0 Å². The number of rotatable bonds is 6. The van der Waals surface area contributed by atoms with Gasteiger partial charge in [0.15, 0.2) is 4.34 Å². The summed E-state index contributed by atoms with van der Waals surface area (Å²) < 4.78 is 1.96. The molecule has 3 unspecified atom stereocenters. The van der Waals surface area contributed by atoms with Gasteiger partial charge in [0.2, 0.25) is 0 Å². The molecule has 0 aliphatic heterocycles. The van der Waals surface area contributed by atoms with Crippen LogP contribution in [0.5, 0.6) is 0 Å². The summed E-state index contributed by atoms with van der Waals surface area (Å²) in [7, 11) is 0. The molecular formula is C27H23NO4S2. The highest BCUT2D eigenvalue weighted by Gasteiger charge is 2.65. The lowest BCUT2D eigenvalue weighted by atomic mass is 9.50. The zero-order chi connectivity index (χ0) is 23.8. The van der Waals surface area contributed by atoms with Crippen LogP contribution in [0, 0.1) is 0 Å². The van der Waals surface area contributed by atoms with Crippen molar-refractivity contribution >= 4 is 45.3 Å². The van der Waals surface area contributed by atoms with E-state index in [2.05, 4.69) is 0 Å². The molecule has 1 aromatic heterocycles. The Morgan fingerprint density at radius 2 is 1.38 bits per heavy atom. The second-order valence-electron chi connectivity index (χ2n) is 8.58. The van der Waals surface area contributed by atoms with Crippen molar-refractivity contribution < 1.29 is 19.8 Å². The smallest absolute Gasteiger partial charge is 0.315 e. The van der Waals surface area contributed by atoms with Crippen molar-refractivity contribution in [2.45, 2.75) is 39.7 Å². The summed E-state index contributed by atoms with van der Waals surface area (Å²) in [5, 5.41) is 21.4. The molecule has 5 rings (SSSR count). The topological polar surface area (TPSA) is 87.5 Å². The van der Waals surface area contributed by atoms with Crippen LogP contribution in [0.15, 0.2) is 89.3 Å². The van der Waals surface area contributed by atoms with Gasteiger partial charge >= 0.3 is 11.9 Å². The van der Waals surface area contributed by atoms with Gasteiger partial charge in [0.25, 0.3) is 0 Å². The van der Waals surface area contributed by atoms with Gasteiger partial charge in [0.1, 0.15) is 10.8 Å². The number of carboxylic acids is 2. The average molecular weight is 490 g/mol. The van der Waals surface area contributed by atoms with E-state index in [-0.39, 0.29) is 18.1 Å². The summed E-state index contributed by atoms with van der Waals surface area (Å²) in [6.07, 6.45) is 0.980. The maximum absolute atomic E-state index is 13.2. The molecule has 4 aromatic rings. The van der Waals surface area contributed by atoms with Gasteiger partial charge < -0.3 is 10.2 Å². The Morgan fingerprint density at radius 1 is 0.824 bits per heavy atom. The molecule has 1 saturated carbocycles. The molecule has 3 aromatic carbocycles. The van der Waals surface area contributed by atoms with Gasteiger partial charge in [-0.2, -0.15) is 0 Å². The molecule has 1 aliphatic carbocycles. The predicted molar refractivity (Wildman–Crippen MR) is 135 cm³/mol. The highest BCUT2D eigenvalue weighted by atomic mass is 32.2. The first-order valence-corrected chi connectivity index (χ1v) is 12.8. The molecule has 3 atom stereocenters. The van der Waals surface area contributed by atoms with Crippen molar-refractivity contribution in [1.82, 2.24) is 4.98 Å². The van der Waals surface area contributed by atoms with Gasteiger partial charge in [-0.15, -0.1) is 11.3 Å². The molecule has 2 N–H and O–H groups in total. The minimum absolute atomic E-state index is 0.0898. The van der Waals surface area contributed by atoms with Crippen LogP contribution >= 0.6 is 23.1 Å². The number of thiazole rings is 1.